The first-order chi connectivity index (χ1) is 11.3. The molecule has 2 rings (SSSR count). The summed E-state index contributed by atoms with van der Waals surface area (Å²) >= 11 is 0. The lowest BCUT2D eigenvalue weighted by molar-refractivity contribution is 0.322. The van der Waals surface area contributed by atoms with Gasteiger partial charge < -0.3 is 15.4 Å². The van der Waals surface area contributed by atoms with E-state index in [0.717, 1.165) is 30.4 Å². The van der Waals surface area contributed by atoms with Crippen LogP contribution in [0, 0.1) is 6.92 Å². The summed E-state index contributed by atoms with van der Waals surface area (Å²) in [6.07, 6.45) is 3.87. The molecule has 0 unspecified atom stereocenters. The monoisotopic (exact) mass is 315 g/mol. The van der Waals surface area contributed by atoms with Crippen LogP contribution in [0.2, 0.25) is 0 Å². The highest BCUT2D eigenvalue weighted by Gasteiger charge is 1.98. The fourth-order valence-corrected chi connectivity index (χ4v) is 2.05. The van der Waals surface area contributed by atoms with Crippen LogP contribution in [0.4, 0.5) is 0 Å². The molecular formula is C17H25N5O. The van der Waals surface area contributed by atoms with Gasteiger partial charge in [0.2, 0.25) is 0 Å². The second-order valence-electron chi connectivity index (χ2n) is 5.13. The van der Waals surface area contributed by atoms with E-state index in [0.29, 0.717) is 19.7 Å². The molecule has 0 saturated heterocycles. The van der Waals surface area contributed by atoms with E-state index in [1.165, 1.54) is 0 Å². The lowest BCUT2D eigenvalue weighted by Crippen LogP contribution is -2.39. The first-order valence-corrected chi connectivity index (χ1v) is 7.97. The molecule has 0 saturated carbocycles. The van der Waals surface area contributed by atoms with Gasteiger partial charge >= 0.3 is 0 Å². The number of nitrogens with zero attached hydrogens (tertiary/aromatic N) is 3. The van der Waals surface area contributed by atoms with E-state index >= 15 is 0 Å². The van der Waals surface area contributed by atoms with Gasteiger partial charge in [-0.3, -0.25) is 9.67 Å². The molecule has 0 fully saturated rings. The van der Waals surface area contributed by atoms with Crippen LogP contribution in [-0.2, 0) is 6.54 Å². The molecule has 6 heteroatoms. The third kappa shape index (κ3) is 6.42. The molecule has 23 heavy (non-hydrogen) atoms. The Bertz CT molecular complexity index is 594. The Balaban J connectivity index is 1.70. The molecular weight excluding hydrogens is 290 g/mol. The first kappa shape index (κ1) is 16.9. The van der Waals surface area contributed by atoms with E-state index < -0.39 is 0 Å². The number of hydrogen-bond acceptors (Lipinski definition) is 3. The molecule has 1 heterocycles. The molecule has 2 N–H and O–H groups in total. The van der Waals surface area contributed by atoms with Crippen molar-refractivity contribution in [1.82, 2.24) is 20.4 Å². The van der Waals surface area contributed by atoms with Gasteiger partial charge in [0.1, 0.15) is 12.4 Å². The predicted molar refractivity (Wildman–Crippen MR) is 92.9 cm³/mol. The van der Waals surface area contributed by atoms with Crippen LogP contribution >= 0.6 is 0 Å². The molecule has 1 aromatic heterocycles. The van der Waals surface area contributed by atoms with Crippen molar-refractivity contribution >= 4 is 5.96 Å². The number of benzene rings is 1. The van der Waals surface area contributed by atoms with Crippen molar-refractivity contribution in [3.05, 3.63) is 48.3 Å². The average molecular weight is 315 g/mol. The van der Waals surface area contributed by atoms with Crippen LogP contribution in [0.3, 0.4) is 0 Å². The van der Waals surface area contributed by atoms with E-state index in [2.05, 4.69) is 27.6 Å². The second kappa shape index (κ2) is 9.50. The van der Waals surface area contributed by atoms with E-state index in [1.54, 1.807) is 0 Å². The Morgan fingerprint density at radius 1 is 1.26 bits per heavy atom. The molecule has 0 radical (unpaired) electrons. The van der Waals surface area contributed by atoms with Crippen LogP contribution in [0.25, 0.3) is 0 Å². The maximum absolute atomic E-state index is 5.65. The molecule has 0 aliphatic carbocycles. The molecule has 124 valence electrons. The topological polar surface area (TPSA) is 63.5 Å². The summed E-state index contributed by atoms with van der Waals surface area (Å²) in [5.74, 6) is 1.68. The van der Waals surface area contributed by atoms with E-state index in [9.17, 15) is 0 Å². The third-order valence-electron chi connectivity index (χ3n) is 3.11. The molecule has 0 atom stereocenters. The summed E-state index contributed by atoms with van der Waals surface area (Å²) in [6, 6.07) is 9.80. The number of rotatable bonds is 8. The zero-order valence-electron chi connectivity index (χ0n) is 13.8. The summed E-state index contributed by atoms with van der Waals surface area (Å²) in [5, 5.41) is 10.7. The normalized spacial score (nSPS) is 11.3. The van der Waals surface area contributed by atoms with Gasteiger partial charge in [-0.05, 0) is 31.5 Å². The number of aliphatic imine (C=N–C) groups is 1. The largest absolute Gasteiger partial charge is 0.492 e. The second-order valence-corrected chi connectivity index (χ2v) is 5.13. The van der Waals surface area contributed by atoms with Gasteiger partial charge in [0.05, 0.1) is 25.8 Å². The van der Waals surface area contributed by atoms with Crippen LogP contribution < -0.4 is 15.4 Å². The van der Waals surface area contributed by atoms with Crippen molar-refractivity contribution in [2.24, 2.45) is 4.99 Å². The van der Waals surface area contributed by atoms with Gasteiger partial charge in [-0.2, -0.15) is 5.10 Å². The van der Waals surface area contributed by atoms with Crippen molar-refractivity contribution in [3.63, 3.8) is 0 Å². The number of nitrogens with one attached hydrogen (secondary N) is 2. The Labute approximate surface area is 137 Å². The van der Waals surface area contributed by atoms with Gasteiger partial charge in [-0.1, -0.05) is 18.2 Å². The summed E-state index contributed by atoms with van der Waals surface area (Å²) in [4.78, 5) is 4.54. The molecule has 1 aromatic carbocycles. The van der Waals surface area contributed by atoms with Gasteiger partial charge in [0, 0.05) is 12.7 Å². The molecule has 6 nitrogen and oxygen atoms in total. The lowest BCUT2D eigenvalue weighted by Gasteiger charge is -2.12. The van der Waals surface area contributed by atoms with Crippen LogP contribution in [0.1, 0.15) is 12.5 Å². The fraction of sp³-hybridized carbons (Fsp3) is 0.412. The molecule has 0 aliphatic heterocycles. The zero-order valence-corrected chi connectivity index (χ0v) is 13.8. The predicted octanol–water partition coefficient (Wildman–Crippen LogP) is 1.83. The summed E-state index contributed by atoms with van der Waals surface area (Å²) in [6.45, 7) is 7.64. The van der Waals surface area contributed by atoms with E-state index in [1.807, 2.05) is 54.3 Å². The Hall–Kier alpha value is -2.50. The van der Waals surface area contributed by atoms with Gasteiger partial charge in [-0.25, -0.2) is 0 Å². The quantitative estimate of drug-likeness (QED) is 0.443. The minimum atomic E-state index is 0.590. The molecule has 0 bridgehead atoms. The smallest absolute Gasteiger partial charge is 0.191 e. The van der Waals surface area contributed by atoms with Crippen molar-refractivity contribution in [1.29, 1.82) is 0 Å². The zero-order chi connectivity index (χ0) is 16.3. The number of para-hydroxylation sites is 1. The standard InChI is InChI=1S/C17H25N5O/c1-3-18-17(19-9-11-22-14-15(2)13-21-22)20-10-12-23-16-7-5-4-6-8-16/h4-8,13-14H,3,9-12H2,1-2H3,(H2,18,19,20). The number of hydrogen-bond donors (Lipinski definition) is 2. The summed E-state index contributed by atoms with van der Waals surface area (Å²) in [5.41, 5.74) is 1.16. The molecule has 0 aliphatic rings. The average Bonchev–Trinajstić information content (AvgIpc) is 2.98. The van der Waals surface area contributed by atoms with Gasteiger partial charge in [0.15, 0.2) is 5.96 Å². The molecule has 0 amide bonds. The van der Waals surface area contributed by atoms with Gasteiger partial charge in [0.25, 0.3) is 0 Å². The maximum atomic E-state index is 5.65. The van der Waals surface area contributed by atoms with Crippen molar-refractivity contribution in [3.8, 4) is 5.75 Å². The van der Waals surface area contributed by atoms with E-state index in [-0.39, 0.29) is 0 Å². The first-order valence-electron chi connectivity index (χ1n) is 7.97. The highest BCUT2D eigenvalue weighted by atomic mass is 16.5. The summed E-state index contributed by atoms with van der Waals surface area (Å²) in [7, 11) is 0. The Kier molecular flexibility index (Phi) is 6.97. The minimum absolute atomic E-state index is 0.590. The minimum Gasteiger partial charge on any atom is -0.492 e. The van der Waals surface area contributed by atoms with Crippen molar-refractivity contribution in [2.75, 3.05) is 26.2 Å². The van der Waals surface area contributed by atoms with Crippen LogP contribution in [0.15, 0.2) is 47.7 Å². The maximum Gasteiger partial charge on any atom is 0.191 e. The van der Waals surface area contributed by atoms with Gasteiger partial charge in [-0.15, -0.1) is 0 Å². The lowest BCUT2D eigenvalue weighted by atomic mass is 10.3. The Morgan fingerprint density at radius 3 is 2.78 bits per heavy atom. The number of aryl methyl sites for hydroxylation is 1. The van der Waals surface area contributed by atoms with Crippen molar-refractivity contribution in [2.45, 2.75) is 20.4 Å². The SMILES string of the molecule is CCNC(=NCCn1cc(C)cn1)NCCOc1ccccc1. The number of aromatic nitrogens is 2. The highest BCUT2D eigenvalue weighted by molar-refractivity contribution is 5.79. The number of guanidine groups is 1. The number of ether oxygens (including phenoxy) is 1. The summed E-state index contributed by atoms with van der Waals surface area (Å²) < 4.78 is 7.56. The van der Waals surface area contributed by atoms with Crippen LogP contribution in [-0.4, -0.2) is 42.0 Å². The molecule has 0 spiro atoms. The third-order valence-corrected chi connectivity index (χ3v) is 3.11. The van der Waals surface area contributed by atoms with Crippen LogP contribution in [0.5, 0.6) is 5.75 Å². The highest BCUT2D eigenvalue weighted by Crippen LogP contribution is 2.07. The fourth-order valence-electron chi connectivity index (χ4n) is 2.05. The Morgan fingerprint density at radius 2 is 2.09 bits per heavy atom. The van der Waals surface area contributed by atoms with Crippen molar-refractivity contribution < 1.29 is 4.74 Å². The molecule has 2 aromatic rings. The van der Waals surface area contributed by atoms with E-state index in [4.69, 9.17) is 4.74 Å².